The predicted molar refractivity (Wildman–Crippen MR) is 230 cm³/mol. The number of carbonyl (C=O) groups excluding carboxylic acids is 3. The summed E-state index contributed by atoms with van der Waals surface area (Å²) in [4.78, 5) is 68.9. The van der Waals surface area contributed by atoms with Crippen LogP contribution in [0.15, 0.2) is 77.7 Å². The number of aromatic nitrogens is 1. The van der Waals surface area contributed by atoms with E-state index in [1.807, 2.05) is 103 Å². The highest BCUT2D eigenvalue weighted by Crippen LogP contribution is 2.39. The van der Waals surface area contributed by atoms with Crippen molar-refractivity contribution in [3.05, 3.63) is 99.5 Å². The minimum atomic E-state index is -5.01. The first-order chi connectivity index (χ1) is 28.1. The average Bonchev–Trinajstić information content (AvgIpc) is 3.89. The number of thiazole rings is 1. The van der Waals surface area contributed by atoms with Gasteiger partial charge < -0.3 is 45.0 Å². The first-order valence-electron chi connectivity index (χ1n) is 19.8. The van der Waals surface area contributed by atoms with Crippen molar-refractivity contribution in [2.45, 2.75) is 110 Å². The van der Waals surface area contributed by atoms with Gasteiger partial charge in [0.25, 0.3) is 0 Å². The van der Waals surface area contributed by atoms with E-state index >= 15 is 0 Å². The number of ether oxygens (including phenoxy) is 2. The maximum absolute atomic E-state index is 14.3. The summed E-state index contributed by atoms with van der Waals surface area (Å²) in [7, 11) is -3.36. The van der Waals surface area contributed by atoms with Gasteiger partial charge in [0.15, 0.2) is 13.0 Å². The molecule has 0 fully saturated rings. The number of rotatable bonds is 23. The Hall–Kier alpha value is -3.96. The predicted octanol–water partition coefficient (Wildman–Crippen LogP) is 6.94. The molecule has 0 bridgehead atoms. The first kappa shape index (κ1) is 47.7. The minimum absolute atomic E-state index is 0.00559. The quantitative estimate of drug-likeness (QED) is 0.0488. The fraction of sp³-hybridized carbons (Fsp3) is 0.512. The van der Waals surface area contributed by atoms with Crippen LogP contribution >= 0.6 is 30.9 Å². The zero-order chi connectivity index (χ0) is 43.0. The van der Waals surface area contributed by atoms with E-state index in [2.05, 4.69) is 34.8 Å². The maximum atomic E-state index is 14.3. The summed E-state index contributed by atoms with van der Waals surface area (Å²) < 4.78 is 29.3. The van der Waals surface area contributed by atoms with Crippen LogP contribution in [0.1, 0.15) is 81.6 Å². The molecule has 2 aromatic carbocycles. The van der Waals surface area contributed by atoms with Crippen LogP contribution in [0.4, 0.5) is 9.59 Å². The Bertz CT molecular complexity index is 1830. The van der Waals surface area contributed by atoms with Gasteiger partial charge in [-0.3, -0.25) is 9.32 Å². The van der Waals surface area contributed by atoms with Gasteiger partial charge in [-0.05, 0) is 48.1 Å². The topological polar surface area (TPSA) is 192 Å². The van der Waals surface area contributed by atoms with Gasteiger partial charge in [-0.25, -0.2) is 19.1 Å². The van der Waals surface area contributed by atoms with E-state index in [1.165, 1.54) is 4.90 Å². The molecule has 324 valence electrons. The van der Waals surface area contributed by atoms with E-state index < -0.39 is 56.4 Å². The summed E-state index contributed by atoms with van der Waals surface area (Å²) in [5.41, 5.74) is 2.50. The van der Waals surface area contributed by atoms with Crippen LogP contribution in [-0.4, -0.2) is 92.8 Å². The van der Waals surface area contributed by atoms with Crippen LogP contribution in [0.2, 0.25) is 0 Å². The molecule has 2 heterocycles. The third-order valence-electron chi connectivity index (χ3n) is 9.35. The number of nitrogens with one attached hydrogen (secondary N) is 3. The molecule has 3 aromatic rings. The normalized spacial score (nSPS) is 15.4. The standard InChI is InChI=1S/C41H59N6O9PS2/c1-7-14-36(56-57(51,52)53)55-35(34(22-31-17-12-9-13-18-31)44-41(50)54-26-47-19-20-58-27-47)23-32(21-30-15-10-8-11-16-30)42-38(48)37(28(2)3)45-40(49)46(6)24-33-25-59-39(43-33)29(4)5/h8-13,15-20,25,28-29,32,34-37H,7,14,21-24,26-27H2,1-6H3,(H,42,48)(H,44,50)(H,45,49)(H2,51,52,53)/t32-,34-,35-,36?,37-/m0/s1. The van der Waals surface area contributed by atoms with Crippen molar-refractivity contribution in [2.75, 3.05) is 19.7 Å². The van der Waals surface area contributed by atoms with Crippen molar-refractivity contribution < 1.29 is 42.7 Å². The Labute approximate surface area is 355 Å². The number of amides is 4. The van der Waals surface area contributed by atoms with Gasteiger partial charge in [0.05, 0.1) is 35.3 Å². The van der Waals surface area contributed by atoms with Crippen molar-refractivity contribution >= 4 is 49.0 Å². The smallest absolute Gasteiger partial charge is 0.428 e. The average molecular weight is 875 g/mol. The lowest BCUT2D eigenvalue weighted by Crippen LogP contribution is -2.56. The molecular weight excluding hydrogens is 816 g/mol. The van der Waals surface area contributed by atoms with Crippen LogP contribution in [-0.2, 0) is 42.7 Å². The Morgan fingerprint density at radius 3 is 2.19 bits per heavy atom. The molecule has 18 heteroatoms. The summed E-state index contributed by atoms with van der Waals surface area (Å²) in [6, 6.07) is 16.1. The number of alkyl carbamates (subject to hydrolysis) is 1. The van der Waals surface area contributed by atoms with Gasteiger partial charge >= 0.3 is 19.9 Å². The Morgan fingerprint density at radius 2 is 1.63 bits per heavy atom. The molecular formula is C41H59N6O9PS2. The molecule has 4 rings (SSSR count). The van der Waals surface area contributed by atoms with Crippen LogP contribution < -0.4 is 16.0 Å². The van der Waals surface area contributed by atoms with Crippen LogP contribution in [0.5, 0.6) is 0 Å². The third-order valence-corrected chi connectivity index (χ3v) is 11.9. The van der Waals surface area contributed by atoms with Crippen molar-refractivity contribution in [2.24, 2.45) is 5.92 Å². The molecule has 0 saturated carbocycles. The summed E-state index contributed by atoms with van der Waals surface area (Å²) in [6.07, 6.45) is 0.00740. The fourth-order valence-electron chi connectivity index (χ4n) is 6.33. The van der Waals surface area contributed by atoms with E-state index in [0.29, 0.717) is 18.7 Å². The molecule has 59 heavy (non-hydrogen) atoms. The number of hydrogen-bond donors (Lipinski definition) is 5. The second-order valence-electron chi connectivity index (χ2n) is 15.1. The number of thioether (sulfide) groups is 1. The fourth-order valence-corrected chi connectivity index (χ4v) is 8.31. The summed E-state index contributed by atoms with van der Waals surface area (Å²) >= 11 is 3.11. The minimum Gasteiger partial charge on any atom is -0.428 e. The number of hydrogen-bond acceptors (Lipinski definition) is 11. The highest BCUT2D eigenvalue weighted by molar-refractivity contribution is 8.02. The number of benzene rings is 2. The number of phosphoric acid groups is 1. The third kappa shape index (κ3) is 16.9. The van der Waals surface area contributed by atoms with E-state index in [1.54, 1.807) is 30.1 Å². The lowest BCUT2D eigenvalue weighted by atomic mass is 9.92. The molecule has 0 aliphatic carbocycles. The number of urea groups is 1. The molecule has 4 amide bonds. The van der Waals surface area contributed by atoms with Gasteiger partial charge in [-0.1, -0.05) is 102 Å². The summed E-state index contributed by atoms with van der Waals surface area (Å²) in [5, 5.41) is 13.8. The van der Waals surface area contributed by atoms with Crippen molar-refractivity contribution in [3.63, 3.8) is 0 Å². The Morgan fingerprint density at radius 1 is 0.966 bits per heavy atom. The first-order valence-corrected chi connectivity index (χ1v) is 23.2. The molecule has 0 radical (unpaired) electrons. The SMILES string of the molecule is CCCC(O[C@@H](C[C@H](Cc1ccccc1)NC(=O)[C@@H](NC(=O)N(C)Cc1csc(C(C)C)n1)C(C)C)[C@H](Cc1ccccc1)NC(=O)OCN1C=CSC1)OP(=O)(O)O. The van der Waals surface area contributed by atoms with Crippen LogP contribution in [0.3, 0.4) is 0 Å². The summed E-state index contributed by atoms with van der Waals surface area (Å²) in [6.45, 7) is 9.90. The van der Waals surface area contributed by atoms with E-state index in [4.69, 9.17) is 14.0 Å². The molecule has 15 nitrogen and oxygen atoms in total. The van der Waals surface area contributed by atoms with Gasteiger partial charge in [0.1, 0.15) is 6.04 Å². The summed E-state index contributed by atoms with van der Waals surface area (Å²) in [5.74, 6) is 0.157. The van der Waals surface area contributed by atoms with Gasteiger partial charge in [-0.2, -0.15) is 0 Å². The molecule has 5 atom stereocenters. The van der Waals surface area contributed by atoms with Crippen LogP contribution in [0.25, 0.3) is 0 Å². The second kappa shape index (κ2) is 23.7. The zero-order valence-corrected chi connectivity index (χ0v) is 37.1. The van der Waals surface area contributed by atoms with E-state index in [-0.39, 0.29) is 44.4 Å². The number of carbonyl (C=O) groups is 3. The molecule has 1 unspecified atom stereocenters. The monoisotopic (exact) mass is 874 g/mol. The molecule has 5 N–H and O–H groups in total. The highest BCUT2D eigenvalue weighted by Gasteiger charge is 2.35. The van der Waals surface area contributed by atoms with Crippen LogP contribution in [0, 0.1) is 5.92 Å². The van der Waals surface area contributed by atoms with E-state index in [9.17, 15) is 28.7 Å². The lowest BCUT2D eigenvalue weighted by Gasteiger charge is -2.35. The number of nitrogens with zero attached hydrogens (tertiary/aromatic N) is 3. The van der Waals surface area contributed by atoms with Crippen molar-refractivity contribution in [1.29, 1.82) is 0 Å². The second-order valence-corrected chi connectivity index (χ2v) is 18.1. The Balaban J connectivity index is 1.64. The zero-order valence-electron chi connectivity index (χ0n) is 34.6. The van der Waals surface area contributed by atoms with Gasteiger partial charge in [0, 0.05) is 30.6 Å². The number of phosphoric ester groups is 1. The van der Waals surface area contributed by atoms with E-state index in [0.717, 1.165) is 21.8 Å². The van der Waals surface area contributed by atoms with Gasteiger partial charge in [0.2, 0.25) is 5.91 Å². The molecule has 0 saturated heterocycles. The largest absolute Gasteiger partial charge is 0.471 e. The van der Waals surface area contributed by atoms with Crippen molar-refractivity contribution in [3.8, 4) is 0 Å². The van der Waals surface area contributed by atoms with Crippen molar-refractivity contribution in [1.82, 2.24) is 30.7 Å². The molecule has 1 aliphatic heterocycles. The van der Waals surface area contributed by atoms with Gasteiger partial charge in [-0.15, -0.1) is 23.1 Å². The lowest BCUT2D eigenvalue weighted by molar-refractivity contribution is -0.145. The molecule has 1 aromatic heterocycles. The highest BCUT2D eigenvalue weighted by atomic mass is 32.2. The maximum Gasteiger partial charge on any atom is 0.471 e. The Kier molecular flexibility index (Phi) is 19.2. The molecule has 0 spiro atoms. The molecule has 1 aliphatic rings.